The number of hydrogen-bond acceptors (Lipinski definition) is 4. The van der Waals surface area contributed by atoms with Crippen LogP contribution in [0, 0.1) is 10.8 Å². The molecule has 24 heavy (non-hydrogen) atoms. The lowest BCUT2D eigenvalue weighted by atomic mass is 9.60. The number of carbonyl (C=O) groups excluding carboxylic acids is 1. The number of rotatable bonds is 4. The number of nitrogens with one attached hydrogen (secondary N) is 1. The molecule has 2 heterocycles. The molecule has 1 spiro atoms. The van der Waals surface area contributed by atoms with E-state index in [4.69, 9.17) is 9.47 Å². The molecule has 0 aromatic heterocycles. The zero-order valence-electron chi connectivity index (χ0n) is 15.8. The van der Waals surface area contributed by atoms with E-state index < -0.39 is 5.60 Å². The first-order valence-electron chi connectivity index (χ1n) is 9.54. The Kier molecular flexibility index (Phi) is 4.86. The second kappa shape index (κ2) is 6.49. The molecule has 1 aliphatic carbocycles. The third-order valence-corrected chi connectivity index (χ3v) is 6.17. The van der Waals surface area contributed by atoms with Crippen LogP contribution in [0.3, 0.4) is 0 Å². The van der Waals surface area contributed by atoms with Gasteiger partial charge in [0.15, 0.2) is 0 Å². The Labute approximate surface area is 146 Å². The first kappa shape index (κ1) is 18.0. The second-order valence-corrected chi connectivity index (χ2v) is 9.30. The Morgan fingerprint density at radius 3 is 2.33 bits per heavy atom. The van der Waals surface area contributed by atoms with Crippen LogP contribution in [0.25, 0.3) is 0 Å². The smallest absolute Gasteiger partial charge is 0.410 e. The second-order valence-electron chi connectivity index (χ2n) is 9.30. The molecule has 5 nitrogen and oxygen atoms in total. The zero-order chi connectivity index (χ0) is 17.4. The molecule has 3 aliphatic rings. The van der Waals surface area contributed by atoms with Crippen LogP contribution < -0.4 is 5.32 Å². The minimum atomic E-state index is -0.405. The van der Waals surface area contributed by atoms with E-state index in [1.165, 1.54) is 19.3 Å². The molecule has 0 radical (unpaired) electrons. The molecule has 0 atom stereocenters. The van der Waals surface area contributed by atoms with Gasteiger partial charge >= 0.3 is 6.09 Å². The van der Waals surface area contributed by atoms with Crippen molar-refractivity contribution >= 4 is 6.09 Å². The number of amides is 1. The van der Waals surface area contributed by atoms with E-state index in [9.17, 15) is 4.79 Å². The van der Waals surface area contributed by atoms with Gasteiger partial charge in [-0.3, -0.25) is 0 Å². The number of ether oxygens (including phenoxy) is 2. The maximum absolute atomic E-state index is 12.2. The van der Waals surface area contributed by atoms with Crippen LogP contribution in [-0.2, 0) is 9.47 Å². The summed E-state index contributed by atoms with van der Waals surface area (Å²) in [7, 11) is 0. The topological polar surface area (TPSA) is 50.8 Å². The summed E-state index contributed by atoms with van der Waals surface area (Å²) in [6.07, 6.45) is 5.80. The molecule has 0 bridgehead atoms. The largest absolute Gasteiger partial charge is 0.444 e. The van der Waals surface area contributed by atoms with Gasteiger partial charge in [-0.1, -0.05) is 6.92 Å². The summed E-state index contributed by atoms with van der Waals surface area (Å²) in [5.74, 6) is 0. The van der Waals surface area contributed by atoms with Gasteiger partial charge in [0.25, 0.3) is 0 Å². The molecule has 2 saturated heterocycles. The highest BCUT2D eigenvalue weighted by Crippen LogP contribution is 2.49. The third-order valence-electron chi connectivity index (χ3n) is 6.17. The van der Waals surface area contributed by atoms with Crippen molar-refractivity contribution in [2.45, 2.75) is 71.4 Å². The van der Waals surface area contributed by atoms with Crippen molar-refractivity contribution in [1.82, 2.24) is 10.2 Å². The van der Waals surface area contributed by atoms with Gasteiger partial charge in [0.1, 0.15) is 5.60 Å². The molecule has 1 N–H and O–H groups in total. The zero-order valence-corrected chi connectivity index (χ0v) is 15.8. The van der Waals surface area contributed by atoms with Crippen molar-refractivity contribution in [3.63, 3.8) is 0 Å². The lowest BCUT2D eigenvalue weighted by molar-refractivity contribution is -0.117. The predicted octanol–water partition coefficient (Wildman–Crippen LogP) is 3.18. The van der Waals surface area contributed by atoms with Gasteiger partial charge in [-0.05, 0) is 58.3 Å². The molecule has 5 heteroatoms. The molecule has 1 saturated carbocycles. The predicted molar refractivity (Wildman–Crippen MR) is 94.0 cm³/mol. The highest BCUT2D eigenvalue weighted by atomic mass is 16.6. The Balaban J connectivity index is 1.38. The van der Waals surface area contributed by atoms with E-state index in [-0.39, 0.29) is 6.09 Å². The van der Waals surface area contributed by atoms with Gasteiger partial charge in [0, 0.05) is 31.1 Å². The Morgan fingerprint density at radius 2 is 1.88 bits per heavy atom. The number of likely N-dealkylation sites (tertiary alicyclic amines) is 1. The van der Waals surface area contributed by atoms with Gasteiger partial charge in [0.05, 0.1) is 13.2 Å². The number of piperidine rings is 1. The minimum absolute atomic E-state index is 0.152. The molecule has 1 amide bonds. The van der Waals surface area contributed by atoms with Gasteiger partial charge < -0.3 is 19.7 Å². The van der Waals surface area contributed by atoms with Gasteiger partial charge in [-0.25, -0.2) is 4.79 Å². The fraction of sp³-hybridized carbons (Fsp3) is 0.947. The highest BCUT2D eigenvalue weighted by Gasteiger charge is 2.47. The lowest BCUT2D eigenvalue weighted by Gasteiger charge is -2.53. The molecular formula is C19H34N2O3. The standard InChI is InChI=1S/C19H34N2O3/c1-5-18(13-23-14-18)12-20-15-10-19(11-15)6-8-21(9-7-19)16(22)24-17(2,3)4/h15,20H,5-14H2,1-4H3. The minimum Gasteiger partial charge on any atom is -0.444 e. The van der Waals surface area contributed by atoms with Gasteiger partial charge in [-0.2, -0.15) is 0 Å². The van der Waals surface area contributed by atoms with Crippen LogP contribution in [0.1, 0.15) is 59.8 Å². The van der Waals surface area contributed by atoms with Crippen molar-refractivity contribution in [3.8, 4) is 0 Å². The Morgan fingerprint density at radius 1 is 1.25 bits per heavy atom. The Bertz CT molecular complexity index is 446. The molecule has 2 aliphatic heterocycles. The molecular weight excluding hydrogens is 304 g/mol. The van der Waals surface area contributed by atoms with Crippen LogP contribution in [-0.4, -0.2) is 55.5 Å². The number of hydrogen-bond donors (Lipinski definition) is 1. The van der Waals surface area contributed by atoms with Crippen molar-refractivity contribution < 1.29 is 14.3 Å². The first-order chi connectivity index (χ1) is 11.2. The van der Waals surface area contributed by atoms with E-state index >= 15 is 0 Å². The maximum Gasteiger partial charge on any atom is 0.410 e. The fourth-order valence-corrected chi connectivity index (χ4v) is 4.21. The van der Waals surface area contributed by atoms with Crippen molar-refractivity contribution in [3.05, 3.63) is 0 Å². The Hall–Kier alpha value is -0.810. The third kappa shape index (κ3) is 3.88. The van der Waals surface area contributed by atoms with E-state index in [1.807, 2.05) is 25.7 Å². The van der Waals surface area contributed by atoms with Crippen molar-refractivity contribution in [1.29, 1.82) is 0 Å². The van der Waals surface area contributed by atoms with E-state index in [1.54, 1.807) is 0 Å². The van der Waals surface area contributed by atoms with Crippen LogP contribution in [0.2, 0.25) is 0 Å². The van der Waals surface area contributed by atoms with Crippen LogP contribution in [0.4, 0.5) is 4.79 Å². The summed E-state index contributed by atoms with van der Waals surface area (Å²) in [5.41, 5.74) is 0.451. The molecule has 0 aromatic rings. The van der Waals surface area contributed by atoms with Crippen molar-refractivity contribution in [2.24, 2.45) is 10.8 Å². The quantitative estimate of drug-likeness (QED) is 0.855. The maximum atomic E-state index is 12.2. The van der Waals surface area contributed by atoms with E-state index in [0.717, 1.165) is 45.7 Å². The SMILES string of the molecule is CCC1(CNC2CC3(CCN(C(=O)OC(C)(C)C)CC3)C2)COC1. The fourth-order valence-electron chi connectivity index (χ4n) is 4.21. The van der Waals surface area contributed by atoms with Gasteiger partial charge in [0.2, 0.25) is 0 Å². The normalized spacial score (nSPS) is 25.9. The molecule has 138 valence electrons. The lowest BCUT2D eigenvalue weighted by Crippen LogP contribution is -2.58. The molecule has 0 unspecified atom stereocenters. The monoisotopic (exact) mass is 338 g/mol. The van der Waals surface area contributed by atoms with Gasteiger partial charge in [-0.15, -0.1) is 0 Å². The van der Waals surface area contributed by atoms with E-state index in [2.05, 4.69) is 12.2 Å². The summed E-state index contributed by atoms with van der Waals surface area (Å²) < 4.78 is 10.9. The van der Waals surface area contributed by atoms with Crippen molar-refractivity contribution in [2.75, 3.05) is 32.8 Å². The van der Waals surface area contributed by atoms with Crippen LogP contribution >= 0.6 is 0 Å². The molecule has 0 aromatic carbocycles. The molecule has 3 fully saturated rings. The van der Waals surface area contributed by atoms with E-state index in [0.29, 0.717) is 16.9 Å². The van der Waals surface area contributed by atoms with Crippen LogP contribution in [0.5, 0.6) is 0 Å². The summed E-state index contributed by atoms with van der Waals surface area (Å²) >= 11 is 0. The average Bonchev–Trinajstić information content (AvgIpc) is 2.43. The first-order valence-corrected chi connectivity index (χ1v) is 9.54. The summed E-state index contributed by atoms with van der Waals surface area (Å²) in [5, 5.41) is 3.76. The summed E-state index contributed by atoms with van der Waals surface area (Å²) in [6.45, 7) is 12.6. The highest BCUT2D eigenvalue weighted by molar-refractivity contribution is 5.68. The number of carbonyl (C=O) groups is 1. The van der Waals surface area contributed by atoms with Crippen LogP contribution in [0.15, 0.2) is 0 Å². The summed E-state index contributed by atoms with van der Waals surface area (Å²) in [4.78, 5) is 14.0. The summed E-state index contributed by atoms with van der Waals surface area (Å²) in [6, 6.07) is 0.655. The number of nitrogens with zero attached hydrogens (tertiary/aromatic N) is 1. The molecule has 3 rings (SSSR count). The average molecular weight is 338 g/mol.